The second-order valence-corrected chi connectivity index (χ2v) is 6.45. The van der Waals surface area contributed by atoms with Gasteiger partial charge in [0.2, 0.25) is 0 Å². The molecule has 0 amide bonds. The largest absolute Gasteiger partial charge is 0.293 e. The molecular weight excluding hydrogens is 304 g/mol. The van der Waals surface area contributed by atoms with Crippen molar-refractivity contribution in [2.45, 2.75) is 12.8 Å². The minimum atomic E-state index is -0.0694. The highest BCUT2D eigenvalue weighted by Gasteiger charge is 2.32. The summed E-state index contributed by atoms with van der Waals surface area (Å²) in [4.78, 5) is 13.2. The van der Waals surface area contributed by atoms with E-state index in [1.807, 2.05) is 54.6 Å². The van der Waals surface area contributed by atoms with Crippen LogP contribution in [-0.4, -0.2) is 5.78 Å². The first-order chi connectivity index (χ1) is 12.3. The monoisotopic (exact) mass is 324 g/mol. The molecule has 1 unspecified atom stereocenters. The summed E-state index contributed by atoms with van der Waals surface area (Å²) < 4.78 is 0. The summed E-state index contributed by atoms with van der Waals surface area (Å²) in [6.07, 6.45) is 1.82. The maximum absolute atomic E-state index is 13.2. The number of Topliss-reactive ketones (excluding diaryl/α,β-unsaturated/α-hetero) is 1. The first-order valence-corrected chi connectivity index (χ1v) is 8.78. The summed E-state index contributed by atoms with van der Waals surface area (Å²) in [7, 11) is 0. The van der Waals surface area contributed by atoms with Crippen molar-refractivity contribution in [3.8, 4) is 0 Å². The van der Waals surface area contributed by atoms with Gasteiger partial charge in [-0.15, -0.1) is 0 Å². The van der Waals surface area contributed by atoms with Crippen molar-refractivity contribution in [2.24, 2.45) is 5.92 Å². The van der Waals surface area contributed by atoms with Crippen molar-refractivity contribution in [3.63, 3.8) is 0 Å². The van der Waals surface area contributed by atoms with Gasteiger partial charge < -0.3 is 0 Å². The Morgan fingerprint density at radius 3 is 1.80 bits per heavy atom. The fourth-order valence-corrected chi connectivity index (χ4v) is 3.78. The van der Waals surface area contributed by atoms with Crippen LogP contribution in [0.1, 0.15) is 34.3 Å². The predicted octanol–water partition coefficient (Wildman–Crippen LogP) is 5.89. The van der Waals surface area contributed by atoms with Crippen LogP contribution in [0.2, 0.25) is 0 Å². The molecule has 122 valence electrons. The van der Waals surface area contributed by atoms with Gasteiger partial charge in [-0.3, -0.25) is 4.79 Å². The molecule has 0 aliphatic heterocycles. The Morgan fingerprint density at radius 2 is 1.20 bits per heavy atom. The fraction of sp³-hybridized carbons (Fsp3) is 0.125. The smallest absolute Gasteiger partial charge is 0.170 e. The third-order valence-electron chi connectivity index (χ3n) is 4.94. The molecule has 0 spiro atoms. The molecule has 0 heterocycles. The van der Waals surface area contributed by atoms with Crippen molar-refractivity contribution >= 4 is 16.9 Å². The van der Waals surface area contributed by atoms with Gasteiger partial charge in [0, 0.05) is 11.5 Å². The summed E-state index contributed by atoms with van der Waals surface area (Å²) in [5.74, 6) is 0.158. The third kappa shape index (κ3) is 3.06. The molecule has 0 aromatic heterocycles. The molecule has 0 fully saturated rings. The van der Waals surface area contributed by atoms with E-state index in [1.54, 1.807) is 0 Å². The second-order valence-electron chi connectivity index (χ2n) is 6.45. The van der Waals surface area contributed by atoms with Gasteiger partial charge in [-0.05, 0) is 35.1 Å². The SMILES string of the molecule is O=C(c1ccccc1)C1CCC(c2ccccc2)=C1c1ccccc1. The van der Waals surface area contributed by atoms with Crippen LogP contribution in [-0.2, 0) is 0 Å². The van der Waals surface area contributed by atoms with E-state index in [0.717, 1.165) is 24.0 Å². The molecule has 1 heteroatoms. The van der Waals surface area contributed by atoms with Crippen LogP contribution in [0, 0.1) is 5.92 Å². The molecule has 0 saturated carbocycles. The van der Waals surface area contributed by atoms with Crippen LogP contribution in [0.25, 0.3) is 11.1 Å². The second kappa shape index (κ2) is 6.90. The van der Waals surface area contributed by atoms with Crippen LogP contribution < -0.4 is 0 Å². The maximum Gasteiger partial charge on any atom is 0.170 e. The van der Waals surface area contributed by atoms with E-state index in [0.29, 0.717) is 0 Å². The minimum absolute atomic E-state index is 0.0694. The summed E-state index contributed by atoms with van der Waals surface area (Å²) in [6, 6.07) is 30.5. The van der Waals surface area contributed by atoms with Crippen LogP contribution in [0.4, 0.5) is 0 Å². The average Bonchev–Trinajstić information content (AvgIpc) is 3.14. The highest BCUT2D eigenvalue weighted by molar-refractivity contribution is 6.10. The zero-order chi connectivity index (χ0) is 17.1. The number of rotatable bonds is 4. The Labute approximate surface area is 148 Å². The van der Waals surface area contributed by atoms with Crippen molar-refractivity contribution in [1.82, 2.24) is 0 Å². The molecule has 0 N–H and O–H groups in total. The van der Waals surface area contributed by atoms with Gasteiger partial charge in [-0.2, -0.15) is 0 Å². The molecule has 25 heavy (non-hydrogen) atoms. The van der Waals surface area contributed by atoms with Gasteiger partial charge in [0.15, 0.2) is 5.78 Å². The Morgan fingerprint density at radius 1 is 0.680 bits per heavy atom. The first kappa shape index (κ1) is 15.6. The fourth-order valence-electron chi connectivity index (χ4n) is 3.78. The number of hydrogen-bond donors (Lipinski definition) is 0. The first-order valence-electron chi connectivity index (χ1n) is 8.78. The predicted molar refractivity (Wildman–Crippen MR) is 103 cm³/mol. The molecule has 1 aliphatic rings. The molecule has 0 saturated heterocycles. The van der Waals surface area contributed by atoms with E-state index in [9.17, 15) is 4.79 Å². The molecule has 4 rings (SSSR count). The summed E-state index contributed by atoms with van der Waals surface area (Å²) in [5.41, 5.74) is 5.69. The van der Waals surface area contributed by atoms with Gasteiger partial charge >= 0.3 is 0 Å². The van der Waals surface area contributed by atoms with Crippen LogP contribution in [0.3, 0.4) is 0 Å². The molecular formula is C24H20O. The van der Waals surface area contributed by atoms with Gasteiger partial charge in [0.25, 0.3) is 0 Å². The molecule has 0 bridgehead atoms. The molecule has 0 radical (unpaired) electrons. The normalized spacial score (nSPS) is 16.9. The molecule has 1 aliphatic carbocycles. The van der Waals surface area contributed by atoms with Crippen molar-refractivity contribution in [3.05, 3.63) is 108 Å². The van der Waals surface area contributed by atoms with Crippen LogP contribution >= 0.6 is 0 Å². The Kier molecular flexibility index (Phi) is 4.30. The van der Waals surface area contributed by atoms with Gasteiger partial charge in [0.05, 0.1) is 0 Å². The lowest BCUT2D eigenvalue weighted by Crippen LogP contribution is -2.14. The summed E-state index contributed by atoms with van der Waals surface area (Å²) in [5, 5.41) is 0. The lowest BCUT2D eigenvalue weighted by molar-refractivity contribution is 0.0949. The van der Waals surface area contributed by atoms with E-state index in [1.165, 1.54) is 16.7 Å². The molecule has 1 atom stereocenters. The van der Waals surface area contributed by atoms with E-state index >= 15 is 0 Å². The minimum Gasteiger partial charge on any atom is -0.293 e. The zero-order valence-corrected chi connectivity index (χ0v) is 14.1. The maximum atomic E-state index is 13.2. The Balaban J connectivity index is 1.83. The lowest BCUT2D eigenvalue weighted by Gasteiger charge is -2.16. The lowest BCUT2D eigenvalue weighted by atomic mass is 9.86. The summed E-state index contributed by atoms with van der Waals surface area (Å²) in [6.45, 7) is 0. The number of allylic oxidation sites excluding steroid dienone is 2. The summed E-state index contributed by atoms with van der Waals surface area (Å²) >= 11 is 0. The van der Waals surface area contributed by atoms with E-state index in [4.69, 9.17) is 0 Å². The molecule has 3 aromatic carbocycles. The molecule has 3 aromatic rings. The highest BCUT2D eigenvalue weighted by Crippen LogP contribution is 2.45. The standard InChI is InChI=1S/C24H20O/c25-24(20-14-8-3-9-15-20)22-17-16-21(18-10-4-1-5-11-18)23(22)19-12-6-2-7-13-19/h1-15,22H,16-17H2. The van der Waals surface area contributed by atoms with Crippen LogP contribution in [0.15, 0.2) is 91.0 Å². The zero-order valence-electron chi connectivity index (χ0n) is 14.1. The van der Waals surface area contributed by atoms with Gasteiger partial charge in [-0.25, -0.2) is 0 Å². The Bertz CT molecular complexity index is 893. The van der Waals surface area contributed by atoms with Crippen molar-refractivity contribution in [2.75, 3.05) is 0 Å². The third-order valence-corrected chi connectivity index (χ3v) is 4.94. The number of carbonyl (C=O) groups excluding carboxylic acids is 1. The van der Waals surface area contributed by atoms with Gasteiger partial charge in [0.1, 0.15) is 0 Å². The molecule has 1 nitrogen and oxygen atoms in total. The van der Waals surface area contributed by atoms with Gasteiger partial charge in [-0.1, -0.05) is 91.0 Å². The number of hydrogen-bond acceptors (Lipinski definition) is 1. The highest BCUT2D eigenvalue weighted by atomic mass is 16.1. The Hall–Kier alpha value is -2.93. The van der Waals surface area contributed by atoms with E-state index < -0.39 is 0 Å². The number of carbonyl (C=O) groups is 1. The number of benzene rings is 3. The average molecular weight is 324 g/mol. The van der Waals surface area contributed by atoms with E-state index in [2.05, 4.69) is 36.4 Å². The van der Waals surface area contributed by atoms with Crippen LogP contribution in [0.5, 0.6) is 0 Å². The van der Waals surface area contributed by atoms with Crippen molar-refractivity contribution in [1.29, 1.82) is 0 Å². The number of ketones is 1. The van der Waals surface area contributed by atoms with Crippen molar-refractivity contribution < 1.29 is 4.79 Å². The van der Waals surface area contributed by atoms with E-state index in [-0.39, 0.29) is 11.7 Å². The topological polar surface area (TPSA) is 17.1 Å². The quantitative estimate of drug-likeness (QED) is 0.547.